The minimum absolute atomic E-state index is 0.0819. The Morgan fingerprint density at radius 1 is 0.971 bits per heavy atom. The molecule has 8 heteroatoms. The van der Waals surface area contributed by atoms with Crippen LogP contribution in [0.2, 0.25) is 0 Å². The predicted molar refractivity (Wildman–Crippen MR) is 122 cm³/mol. The highest BCUT2D eigenvalue weighted by Crippen LogP contribution is 2.47. The summed E-state index contributed by atoms with van der Waals surface area (Å²) in [5, 5.41) is 10.3. The SMILES string of the molecule is COc1cc(C2C(C(=O)O)c3ccccc3C(=O)N2Cc2ccc(F)cc2)cc(OC)c1OC. The Balaban J connectivity index is 1.94. The van der Waals surface area contributed by atoms with Gasteiger partial charge >= 0.3 is 5.97 Å². The second-order valence-electron chi connectivity index (χ2n) is 7.87. The number of ether oxygens (including phenoxy) is 3. The minimum atomic E-state index is -1.08. The zero-order chi connectivity index (χ0) is 24.4. The molecule has 2 unspecified atom stereocenters. The molecule has 3 aromatic rings. The molecule has 4 rings (SSSR count). The van der Waals surface area contributed by atoms with Gasteiger partial charge in [-0.25, -0.2) is 4.39 Å². The Kier molecular flexibility index (Phi) is 6.40. The molecule has 0 bridgehead atoms. The van der Waals surface area contributed by atoms with Crippen molar-refractivity contribution >= 4 is 11.9 Å². The molecule has 0 aliphatic carbocycles. The molecule has 7 nitrogen and oxygen atoms in total. The molecule has 1 aliphatic heterocycles. The standard InChI is InChI=1S/C26H24FNO6/c1-32-20-12-16(13-21(33-2)24(20)34-3)23-22(26(30)31)18-6-4-5-7-19(18)25(29)28(23)14-15-8-10-17(27)11-9-15/h4-13,22-23H,14H2,1-3H3,(H,30,31). The Morgan fingerprint density at radius 3 is 2.15 bits per heavy atom. The van der Waals surface area contributed by atoms with Crippen LogP contribution >= 0.6 is 0 Å². The normalized spacial score (nSPS) is 17.2. The summed E-state index contributed by atoms with van der Waals surface area (Å²) < 4.78 is 29.8. The van der Waals surface area contributed by atoms with Gasteiger partial charge in [0.25, 0.3) is 5.91 Å². The summed E-state index contributed by atoms with van der Waals surface area (Å²) in [6.45, 7) is 0.0819. The van der Waals surface area contributed by atoms with Crippen LogP contribution < -0.4 is 14.2 Å². The van der Waals surface area contributed by atoms with Crippen molar-refractivity contribution in [2.45, 2.75) is 18.5 Å². The van der Waals surface area contributed by atoms with Gasteiger partial charge in [-0.15, -0.1) is 0 Å². The molecule has 1 aliphatic rings. The Bertz CT molecular complexity index is 1200. The highest BCUT2D eigenvalue weighted by molar-refractivity contribution is 6.00. The lowest BCUT2D eigenvalue weighted by Gasteiger charge is -2.41. The molecule has 0 saturated heterocycles. The molecule has 0 saturated carbocycles. The van der Waals surface area contributed by atoms with Crippen LogP contribution in [0.4, 0.5) is 4.39 Å². The quantitative estimate of drug-likeness (QED) is 0.556. The summed E-state index contributed by atoms with van der Waals surface area (Å²) in [5.74, 6) is -1.82. The zero-order valence-electron chi connectivity index (χ0n) is 18.9. The fourth-order valence-electron chi connectivity index (χ4n) is 4.46. The molecule has 1 heterocycles. The molecule has 0 aromatic heterocycles. The van der Waals surface area contributed by atoms with Gasteiger partial charge in [-0.1, -0.05) is 30.3 Å². The van der Waals surface area contributed by atoms with Gasteiger partial charge in [-0.2, -0.15) is 0 Å². The lowest BCUT2D eigenvalue weighted by atomic mass is 9.79. The van der Waals surface area contributed by atoms with E-state index in [1.54, 1.807) is 48.5 Å². The number of aliphatic carboxylic acids is 1. The lowest BCUT2D eigenvalue weighted by Crippen LogP contribution is -2.44. The third-order valence-electron chi connectivity index (χ3n) is 6.00. The van der Waals surface area contributed by atoms with E-state index in [-0.39, 0.29) is 12.5 Å². The molecule has 1 N–H and O–H groups in total. The van der Waals surface area contributed by atoms with Gasteiger partial charge < -0.3 is 24.2 Å². The van der Waals surface area contributed by atoms with Crippen molar-refractivity contribution in [3.63, 3.8) is 0 Å². The van der Waals surface area contributed by atoms with Crippen LogP contribution in [0.15, 0.2) is 60.7 Å². The molecule has 3 aromatic carbocycles. The van der Waals surface area contributed by atoms with Crippen LogP contribution in [-0.4, -0.2) is 43.2 Å². The van der Waals surface area contributed by atoms with Gasteiger partial charge in [-0.3, -0.25) is 9.59 Å². The van der Waals surface area contributed by atoms with Gasteiger partial charge in [0.15, 0.2) is 11.5 Å². The fourth-order valence-corrected chi connectivity index (χ4v) is 4.46. The van der Waals surface area contributed by atoms with Gasteiger partial charge in [0.05, 0.1) is 27.4 Å². The average Bonchev–Trinajstić information content (AvgIpc) is 2.85. The summed E-state index contributed by atoms with van der Waals surface area (Å²) in [6.07, 6.45) is 0. The summed E-state index contributed by atoms with van der Waals surface area (Å²) >= 11 is 0. The van der Waals surface area contributed by atoms with Gasteiger partial charge in [0.1, 0.15) is 11.7 Å². The molecule has 34 heavy (non-hydrogen) atoms. The van der Waals surface area contributed by atoms with Gasteiger partial charge in [0, 0.05) is 12.1 Å². The van der Waals surface area contributed by atoms with Crippen molar-refractivity contribution in [2.24, 2.45) is 0 Å². The van der Waals surface area contributed by atoms with E-state index in [1.165, 1.54) is 38.4 Å². The van der Waals surface area contributed by atoms with Crippen molar-refractivity contribution in [3.8, 4) is 17.2 Å². The Hall–Kier alpha value is -4.07. The van der Waals surface area contributed by atoms with Gasteiger partial charge in [0.2, 0.25) is 5.75 Å². The number of halogens is 1. The number of carboxylic acid groups (broad SMARTS) is 1. The number of hydrogen-bond donors (Lipinski definition) is 1. The average molecular weight is 465 g/mol. The molecular formula is C26H24FNO6. The summed E-state index contributed by atoms with van der Waals surface area (Å²) in [6, 6.07) is 14.9. The van der Waals surface area contributed by atoms with Crippen molar-refractivity contribution in [1.29, 1.82) is 0 Å². The van der Waals surface area contributed by atoms with E-state index in [0.717, 1.165) is 0 Å². The number of carboxylic acids is 1. The fraction of sp³-hybridized carbons (Fsp3) is 0.231. The smallest absolute Gasteiger partial charge is 0.313 e. The third-order valence-corrected chi connectivity index (χ3v) is 6.00. The number of benzene rings is 3. The number of hydrogen-bond acceptors (Lipinski definition) is 5. The molecule has 0 radical (unpaired) electrons. The maximum Gasteiger partial charge on any atom is 0.313 e. The first kappa shape index (κ1) is 23.1. The number of methoxy groups -OCH3 is 3. The van der Waals surface area contributed by atoms with Crippen LogP contribution in [0, 0.1) is 5.82 Å². The number of nitrogens with zero attached hydrogens (tertiary/aromatic N) is 1. The highest BCUT2D eigenvalue weighted by Gasteiger charge is 2.44. The molecular weight excluding hydrogens is 441 g/mol. The largest absolute Gasteiger partial charge is 0.493 e. The number of amides is 1. The Morgan fingerprint density at radius 2 is 1.59 bits per heavy atom. The third kappa shape index (κ3) is 4.03. The number of rotatable bonds is 7. The van der Waals surface area contributed by atoms with E-state index in [0.29, 0.717) is 39.5 Å². The first-order valence-corrected chi connectivity index (χ1v) is 10.6. The highest BCUT2D eigenvalue weighted by atomic mass is 19.1. The van der Waals surface area contributed by atoms with Crippen LogP contribution in [0.3, 0.4) is 0 Å². The topological polar surface area (TPSA) is 85.3 Å². The van der Waals surface area contributed by atoms with Crippen molar-refractivity contribution in [3.05, 3.63) is 88.7 Å². The Labute approximate surface area is 196 Å². The second-order valence-corrected chi connectivity index (χ2v) is 7.87. The van der Waals surface area contributed by atoms with E-state index >= 15 is 0 Å². The maximum absolute atomic E-state index is 13.6. The van der Waals surface area contributed by atoms with Crippen molar-refractivity contribution < 1.29 is 33.3 Å². The van der Waals surface area contributed by atoms with E-state index in [2.05, 4.69) is 0 Å². The molecule has 0 spiro atoms. The van der Waals surface area contributed by atoms with Crippen molar-refractivity contribution in [1.82, 2.24) is 4.90 Å². The summed E-state index contributed by atoms with van der Waals surface area (Å²) in [4.78, 5) is 27.7. The number of carbonyl (C=O) groups excluding carboxylic acids is 1. The zero-order valence-corrected chi connectivity index (χ0v) is 18.9. The molecule has 0 fully saturated rings. The summed E-state index contributed by atoms with van der Waals surface area (Å²) in [5.41, 5.74) is 1.91. The van der Waals surface area contributed by atoms with Crippen LogP contribution in [0.5, 0.6) is 17.2 Å². The number of fused-ring (bicyclic) bond motifs is 1. The first-order chi connectivity index (χ1) is 16.4. The van der Waals surface area contributed by atoms with E-state index in [4.69, 9.17) is 14.2 Å². The maximum atomic E-state index is 13.6. The van der Waals surface area contributed by atoms with Crippen LogP contribution in [0.25, 0.3) is 0 Å². The van der Waals surface area contributed by atoms with Crippen LogP contribution in [0.1, 0.15) is 39.0 Å². The van der Waals surface area contributed by atoms with E-state index in [1.807, 2.05) is 0 Å². The summed E-state index contributed by atoms with van der Waals surface area (Å²) in [7, 11) is 4.40. The molecule has 2 atom stereocenters. The first-order valence-electron chi connectivity index (χ1n) is 10.6. The monoisotopic (exact) mass is 465 g/mol. The lowest BCUT2D eigenvalue weighted by molar-refractivity contribution is -0.140. The van der Waals surface area contributed by atoms with E-state index < -0.39 is 23.7 Å². The van der Waals surface area contributed by atoms with E-state index in [9.17, 15) is 19.1 Å². The minimum Gasteiger partial charge on any atom is -0.493 e. The molecule has 176 valence electrons. The van der Waals surface area contributed by atoms with Gasteiger partial charge in [-0.05, 0) is 47.0 Å². The molecule has 1 amide bonds. The van der Waals surface area contributed by atoms with Crippen LogP contribution in [-0.2, 0) is 11.3 Å². The second kappa shape index (κ2) is 9.43. The number of carbonyl (C=O) groups is 2. The predicted octanol–water partition coefficient (Wildman–Crippen LogP) is 4.42. The van der Waals surface area contributed by atoms with Crippen molar-refractivity contribution in [2.75, 3.05) is 21.3 Å².